The van der Waals surface area contributed by atoms with Crippen molar-refractivity contribution < 1.29 is 29.4 Å². The number of rotatable bonds is 13. The number of nitrogens with one attached hydrogen (secondary N) is 2. The standard InChI is InChI=1S/C32H32N2O6S/c35-29(34-27(14-16-30(36)37)32(40)33-26-8-4-5-22(17-26)18-31(38)39)15-11-21-9-12-24(13-10-21)28-19-25(20-41-28)23-6-2-1-3-7-23/h1-10,12-13,17,20,27-28H,11,14-16,18-19H2,(H,33,40)(H,34,35)(H,36,37)(H,38,39)/t27-,28?/m0/s1. The number of hydrogen-bond donors (Lipinski definition) is 4. The van der Waals surface area contributed by atoms with Crippen LogP contribution < -0.4 is 10.6 Å². The van der Waals surface area contributed by atoms with Gasteiger partial charge in [-0.1, -0.05) is 66.7 Å². The number of amides is 2. The Bertz CT molecular complexity index is 1420. The number of aliphatic carboxylic acids is 2. The van der Waals surface area contributed by atoms with Gasteiger partial charge in [0.05, 0.1) is 6.42 Å². The van der Waals surface area contributed by atoms with Gasteiger partial charge in [0, 0.05) is 23.8 Å². The lowest BCUT2D eigenvalue weighted by molar-refractivity contribution is -0.138. The topological polar surface area (TPSA) is 133 Å². The van der Waals surface area contributed by atoms with E-state index in [1.54, 1.807) is 18.2 Å². The molecule has 3 aromatic carbocycles. The minimum atomic E-state index is -1.08. The first kappa shape index (κ1) is 29.6. The first-order valence-electron chi connectivity index (χ1n) is 13.4. The maximum atomic E-state index is 12.9. The summed E-state index contributed by atoms with van der Waals surface area (Å²) in [5.41, 5.74) is 5.66. The van der Waals surface area contributed by atoms with Gasteiger partial charge in [-0.2, -0.15) is 0 Å². The molecule has 4 N–H and O–H groups in total. The Morgan fingerprint density at radius 1 is 0.854 bits per heavy atom. The zero-order valence-electron chi connectivity index (χ0n) is 22.4. The molecule has 1 aliphatic heterocycles. The van der Waals surface area contributed by atoms with Crippen LogP contribution >= 0.6 is 11.8 Å². The van der Waals surface area contributed by atoms with Crippen LogP contribution in [0.1, 0.15) is 53.2 Å². The van der Waals surface area contributed by atoms with E-state index in [9.17, 15) is 19.2 Å². The Balaban J connectivity index is 1.29. The minimum absolute atomic E-state index is 0.0749. The molecule has 8 nitrogen and oxygen atoms in total. The molecule has 0 aliphatic carbocycles. The van der Waals surface area contributed by atoms with Gasteiger partial charge in [0.15, 0.2) is 0 Å². The summed E-state index contributed by atoms with van der Waals surface area (Å²) in [5, 5.41) is 26.0. The van der Waals surface area contributed by atoms with Crippen molar-refractivity contribution >= 4 is 46.8 Å². The van der Waals surface area contributed by atoms with E-state index >= 15 is 0 Å². The molecule has 1 aliphatic rings. The summed E-state index contributed by atoms with van der Waals surface area (Å²) in [6.07, 6.45) is 1.01. The number of carboxylic acid groups (broad SMARTS) is 2. The van der Waals surface area contributed by atoms with E-state index < -0.39 is 23.9 Å². The molecular weight excluding hydrogens is 540 g/mol. The number of allylic oxidation sites excluding steroid dienone is 1. The first-order chi connectivity index (χ1) is 19.8. The van der Waals surface area contributed by atoms with Crippen LogP contribution in [0.4, 0.5) is 5.69 Å². The summed E-state index contributed by atoms with van der Waals surface area (Å²) in [6, 6.07) is 23.9. The van der Waals surface area contributed by atoms with Crippen LogP contribution in [-0.4, -0.2) is 40.0 Å². The number of carboxylic acids is 2. The molecule has 4 rings (SSSR count). The third-order valence-electron chi connectivity index (χ3n) is 6.77. The molecule has 0 saturated heterocycles. The minimum Gasteiger partial charge on any atom is -0.481 e. The van der Waals surface area contributed by atoms with E-state index in [-0.39, 0.29) is 31.6 Å². The molecule has 212 valence electrons. The molecule has 41 heavy (non-hydrogen) atoms. The van der Waals surface area contributed by atoms with E-state index in [2.05, 4.69) is 40.3 Å². The first-order valence-corrected chi connectivity index (χ1v) is 14.3. The molecule has 2 atom stereocenters. The third kappa shape index (κ3) is 9.08. The molecule has 2 amide bonds. The van der Waals surface area contributed by atoms with E-state index in [0.717, 1.165) is 12.0 Å². The highest BCUT2D eigenvalue weighted by atomic mass is 32.2. The molecular formula is C32H32N2O6S. The number of hydrogen-bond acceptors (Lipinski definition) is 5. The molecule has 9 heteroatoms. The molecule has 0 radical (unpaired) electrons. The van der Waals surface area contributed by atoms with Gasteiger partial charge in [0.1, 0.15) is 6.04 Å². The van der Waals surface area contributed by atoms with Crippen molar-refractivity contribution in [3.8, 4) is 0 Å². The van der Waals surface area contributed by atoms with Crippen LogP contribution in [0.5, 0.6) is 0 Å². The lowest BCUT2D eigenvalue weighted by Crippen LogP contribution is -2.44. The van der Waals surface area contributed by atoms with Crippen molar-refractivity contribution in [2.24, 2.45) is 0 Å². The van der Waals surface area contributed by atoms with Gasteiger partial charge in [-0.25, -0.2) is 0 Å². The summed E-state index contributed by atoms with van der Waals surface area (Å²) in [4.78, 5) is 47.8. The predicted octanol–water partition coefficient (Wildman–Crippen LogP) is 5.45. The fraction of sp³-hybridized carbons (Fsp3) is 0.250. The SMILES string of the molecule is O=C(O)CC[C@H](NC(=O)CCc1ccc(C2CC(c3ccccc3)=CS2)cc1)C(=O)Nc1cccc(CC(=O)O)c1. The van der Waals surface area contributed by atoms with Crippen molar-refractivity contribution in [1.29, 1.82) is 0 Å². The van der Waals surface area contributed by atoms with Crippen LogP contribution in [0, 0.1) is 0 Å². The third-order valence-corrected chi connectivity index (χ3v) is 7.95. The average molecular weight is 573 g/mol. The summed E-state index contributed by atoms with van der Waals surface area (Å²) < 4.78 is 0. The zero-order valence-corrected chi connectivity index (χ0v) is 23.2. The Kier molecular flexibility index (Phi) is 10.3. The van der Waals surface area contributed by atoms with Gasteiger partial charge >= 0.3 is 11.9 Å². The van der Waals surface area contributed by atoms with Gasteiger partial charge in [0.2, 0.25) is 11.8 Å². The summed E-state index contributed by atoms with van der Waals surface area (Å²) in [7, 11) is 0. The second kappa shape index (κ2) is 14.3. The lowest BCUT2D eigenvalue weighted by Gasteiger charge is -2.18. The average Bonchev–Trinajstić information content (AvgIpc) is 3.45. The molecule has 0 aromatic heterocycles. The highest BCUT2D eigenvalue weighted by Gasteiger charge is 2.23. The molecule has 0 bridgehead atoms. The van der Waals surface area contributed by atoms with Gasteiger partial charge in [-0.05, 0) is 64.6 Å². The molecule has 3 aromatic rings. The number of thioether (sulfide) groups is 1. The molecule has 0 saturated carbocycles. The summed E-state index contributed by atoms with van der Waals surface area (Å²) >= 11 is 1.81. The number of carbonyl (C=O) groups excluding carboxylic acids is 2. The van der Waals surface area contributed by atoms with Crippen LogP contribution in [0.3, 0.4) is 0 Å². The Hall–Kier alpha value is -4.37. The van der Waals surface area contributed by atoms with Crippen LogP contribution in [0.25, 0.3) is 5.57 Å². The van der Waals surface area contributed by atoms with Crippen molar-refractivity contribution in [3.05, 3.63) is 107 Å². The highest BCUT2D eigenvalue weighted by Crippen LogP contribution is 2.45. The Morgan fingerprint density at radius 2 is 1.61 bits per heavy atom. The Morgan fingerprint density at radius 3 is 2.32 bits per heavy atom. The quantitative estimate of drug-likeness (QED) is 0.214. The second-order valence-electron chi connectivity index (χ2n) is 9.89. The summed E-state index contributed by atoms with van der Waals surface area (Å²) in [6.45, 7) is 0. The number of carbonyl (C=O) groups is 4. The maximum absolute atomic E-state index is 12.9. The van der Waals surface area contributed by atoms with Crippen molar-refractivity contribution in [2.75, 3.05) is 5.32 Å². The number of aryl methyl sites for hydroxylation is 1. The van der Waals surface area contributed by atoms with Crippen molar-refractivity contribution in [3.63, 3.8) is 0 Å². The highest BCUT2D eigenvalue weighted by molar-refractivity contribution is 8.02. The van der Waals surface area contributed by atoms with Crippen molar-refractivity contribution in [1.82, 2.24) is 5.32 Å². The number of benzene rings is 3. The van der Waals surface area contributed by atoms with E-state index in [1.165, 1.54) is 22.8 Å². The van der Waals surface area contributed by atoms with Gasteiger partial charge < -0.3 is 20.8 Å². The van der Waals surface area contributed by atoms with E-state index in [1.807, 2.05) is 42.1 Å². The molecule has 1 heterocycles. The second-order valence-corrected chi connectivity index (χ2v) is 11.0. The fourth-order valence-corrected chi connectivity index (χ4v) is 5.77. The summed E-state index contributed by atoms with van der Waals surface area (Å²) in [5.74, 6) is -3.00. The van der Waals surface area contributed by atoms with Crippen molar-refractivity contribution in [2.45, 2.75) is 49.8 Å². The zero-order chi connectivity index (χ0) is 29.2. The smallest absolute Gasteiger partial charge is 0.307 e. The van der Waals surface area contributed by atoms with Crippen LogP contribution in [0.2, 0.25) is 0 Å². The monoisotopic (exact) mass is 572 g/mol. The van der Waals surface area contributed by atoms with Gasteiger partial charge in [-0.3, -0.25) is 19.2 Å². The van der Waals surface area contributed by atoms with Crippen LogP contribution in [-0.2, 0) is 32.0 Å². The molecule has 1 unspecified atom stereocenters. The number of anilines is 1. The van der Waals surface area contributed by atoms with Crippen LogP contribution in [0.15, 0.2) is 84.3 Å². The predicted molar refractivity (Wildman–Crippen MR) is 159 cm³/mol. The lowest BCUT2D eigenvalue weighted by atomic mass is 9.98. The largest absolute Gasteiger partial charge is 0.481 e. The van der Waals surface area contributed by atoms with Gasteiger partial charge in [0.25, 0.3) is 0 Å². The van der Waals surface area contributed by atoms with Gasteiger partial charge in [-0.15, -0.1) is 11.8 Å². The Labute approximate surface area is 242 Å². The van der Waals surface area contributed by atoms with E-state index in [4.69, 9.17) is 10.2 Å². The fourth-order valence-electron chi connectivity index (χ4n) is 4.62. The maximum Gasteiger partial charge on any atom is 0.307 e. The molecule has 0 spiro atoms. The van der Waals surface area contributed by atoms with E-state index in [0.29, 0.717) is 22.9 Å². The molecule has 0 fully saturated rings. The normalized spacial score (nSPS) is 15.0.